The number of halogens is 2. The number of hydrogen-bond donors (Lipinski definition) is 2. The topological polar surface area (TPSA) is 58.6 Å². The molecule has 2 N–H and O–H groups in total. The SMILES string of the molecule is CNC(=O)O[C@H](c1ccc(Cl)cc1Cl)[C@H](O)C(C)C. The van der Waals surface area contributed by atoms with Crippen LogP contribution in [0.4, 0.5) is 4.79 Å². The highest BCUT2D eigenvalue weighted by atomic mass is 35.5. The van der Waals surface area contributed by atoms with E-state index in [1.54, 1.807) is 18.2 Å². The summed E-state index contributed by atoms with van der Waals surface area (Å²) in [5.41, 5.74) is 0.524. The maximum Gasteiger partial charge on any atom is 0.407 e. The second-order valence-corrected chi connectivity index (χ2v) is 5.32. The number of hydrogen-bond acceptors (Lipinski definition) is 3. The van der Waals surface area contributed by atoms with Crippen molar-refractivity contribution >= 4 is 29.3 Å². The molecule has 4 nitrogen and oxygen atoms in total. The number of rotatable bonds is 4. The van der Waals surface area contributed by atoms with E-state index in [0.29, 0.717) is 15.6 Å². The van der Waals surface area contributed by atoms with Crippen LogP contribution >= 0.6 is 23.2 Å². The maximum absolute atomic E-state index is 11.4. The van der Waals surface area contributed by atoms with Gasteiger partial charge in [0, 0.05) is 22.7 Å². The lowest BCUT2D eigenvalue weighted by atomic mass is 9.96. The second-order valence-electron chi connectivity index (χ2n) is 4.48. The minimum absolute atomic E-state index is 0.0959. The molecule has 1 aromatic rings. The van der Waals surface area contributed by atoms with Crippen molar-refractivity contribution < 1.29 is 14.6 Å². The second kappa shape index (κ2) is 6.98. The quantitative estimate of drug-likeness (QED) is 0.896. The molecule has 1 amide bonds. The summed E-state index contributed by atoms with van der Waals surface area (Å²) in [6, 6.07) is 4.83. The first kappa shape index (κ1) is 16.1. The molecule has 0 saturated carbocycles. The fraction of sp³-hybridized carbons (Fsp3) is 0.462. The van der Waals surface area contributed by atoms with Crippen LogP contribution in [0, 0.1) is 5.92 Å². The molecule has 0 unspecified atom stereocenters. The molecule has 0 radical (unpaired) electrons. The summed E-state index contributed by atoms with van der Waals surface area (Å²) in [5, 5.41) is 13.4. The van der Waals surface area contributed by atoms with Crippen LogP contribution in [0.2, 0.25) is 10.0 Å². The fourth-order valence-corrected chi connectivity index (χ4v) is 2.09. The normalized spacial score (nSPS) is 14.1. The van der Waals surface area contributed by atoms with E-state index in [1.165, 1.54) is 7.05 Å². The summed E-state index contributed by atoms with van der Waals surface area (Å²) in [6.45, 7) is 3.66. The number of carbonyl (C=O) groups is 1. The van der Waals surface area contributed by atoms with Crippen molar-refractivity contribution in [2.24, 2.45) is 5.92 Å². The lowest BCUT2D eigenvalue weighted by Crippen LogP contribution is -2.31. The van der Waals surface area contributed by atoms with Crippen LogP contribution in [0.5, 0.6) is 0 Å². The van der Waals surface area contributed by atoms with E-state index in [9.17, 15) is 9.90 Å². The summed E-state index contributed by atoms with van der Waals surface area (Å²) in [7, 11) is 1.45. The Hall–Kier alpha value is -0.970. The zero-order valence-corrected chi connectivity index (χ0v) is 12.5. The molecule has 6 heteroatoms. The number of aliphatic hydroxyl groups excluding tert-OH is 1. The third kappa shape index (κ3) is 4.27. The van der Waals surface area contributed by atoms with Crippen LogP contribution in [0.1, 0.15) is 25.5 Å². The molecular weight excluding hydrogens is 289 g/mol. The third-order valence-corrected chi connectivity index (χ3v) is 3.26. The van der Waals surface area contributed by atoms with Crippen molar-refractivity contribution in [1.29, 1.82) is 0 Å². The maximum atomic E-state index is 11.4. The van der Waals surface area contributed by atoms with E-state index >= 15 is 0 Å². The standard InChI is InChI=1S/C13H17Cl2NO3/c1-7(2)11(17)12(19-13(18)16-3)9-5-4-8(14)6-10(9)15/h4-7,11-12,17H,1-3H3,(H,16,18)/t11-,12-/m1/s1. The molecule has 0 aromatic heterocycles. The first-order valence-corrected chi connectivity index (χ1v) is 6.63. The van der Waals surface area contributed by atoms with Crippen LogP contribution in [-0.4, -0.2) is 24.4 Å². The minimum atomic E-state index is -0.865. The molecule has 1 rings (SSSR count). The smallest absolute Gasteiger partial charge is 0.407 e. The van der Waals surface area contributed by atoms with E-state index in [1.807, 2.05) is 13.8 Å². The number of amides is 1. The van der Waals surface area contributed by atoms with Gasteiger partial charge in [0.2, 0.25) is 0 Å². The molecule has 0 fully saturated rings. The number of benzene rings is 1. The molecule has 0 heterocycles. The van der Waals surface area contributed by atoms with Crippen molar-refractivity contribution in [2.45, 2.75) is 26.1 Å². The average molecular weight is 306 g/mol. The first-order chi connectivity index (χ1) is 8.86. The van der Waals surface area contributed by atoms with Gasteiger partial charge in [-0.2, -0.15) is 0 Å². The van der Waals surface area contributed by atoms with Crippen LogP contribution in [-0.2, 0) is 4.74 Å². The molecular formula is C13H17Cl2NO3. The van der Waals surface area contributed by atoms with E-state index < -0.39 is 18.3 Å². The van der Waals surface area contributed by atoms with Gasteiger partial charge in [0.25, 0.3) is 0 Å². The Bertz CT molecular complexity index is 452. The van der Waals surface area contributed by atoms with Crippen molar-refractivity contribution in [3.8, 4) is 0 Å². The number of aliphatic hydroxyl groups is 1. The summed E-state index contributed by atoms with van der Waals surface area (Å²) >= 11 is 11.9. The molecule has 0 aliphatic heterocycles. The molecule has 1 aromatic carbocycles. The summed E-state index contributed by atoms with van der Waals surface area (Å²) < 4.78 is 5.20. The Morgan fingerprint density at radius 1 is 1.37 bits per heavy atom. The lowest BCUT2D eigenvalue weighted by Gasteiger charge is -2.26. The van der Waals surface area contributed by atoms with Crippen LogP contribution in [0.25, 0.3) is 0 Å². The molecule has 0 saturated heterocycles. The van der Waals surface area contributed by atoms with E-state index in [0.717, 1.165) is 0 Å². The van der Waals surface area contributed by atoms with Crippen LogP contribution < -0.4 is 5.32 Å². The summed E-state index contributed by atoms with van der Waals surface area (Å²) in [5.74, 6) is -0.0959. The Morgan fingerprint density at radius 3 is 2.47 bits per heavy atom. The Balaban J connectivity index is 3.11. The molecule has 0 aliphatic carbocycles. The molecule has 0 aliphatic rings. The number of nitrogens with one attached hydrogen (secondary N) is 1. The zero-order chi connectivity index (χ0) is 14.6. The largest absolute Gasteiger partial charge is 0.439 e. The number of carbonyl (C=O) groups excluding carboxylic acids is 1. The van der Waals surface area contributed by atoms with Gasteiger partial charge < -0.3 is 15.2 Å². The van der Waals surface area contributed by atoms with Crippen LogP contribution in [0.15, 0.2) is 18.2 Å². The van der Waals surface area contributed by atoms with E-state index in [-0.39, 0.29) is 5.92 Å². The van der Waals surface area contributed by atoms with Gasteiger partial charge in [-0.25, -0.2) is 4.79 Å². The monoisotopic (exact) mass is 305 g/mol. The molecule has 0 bridgehead atoms. The Kier molecular flexibility index (Phi) is 5.91. The van der Waals surface area contributed by atoms with E-state index in [4.69, 9.17) is 27.9 Å². The molecule has 0 spiro atoms. The van der Waals surface area contributed by atoms with Gasteiger partial charge in [-0.1, -0.05) is 43.1 Å². The van der Waals surface area contributed by atoms with Gasteiger partial charge in [-0.15, -0.1) is 0 Å². The fourth-order valence-electron chi connectivity index (χ4n) is 1.57. The minimum Gasteiger partial charge on any atom is -0.439 e. The Morgan fingerprint density at radius 2 is 2.00 bits per heavy atom. The Labute approximate surface area is 122 Å². The van der Waals surface area contributed by atoms with Crippen LogP contribution in [0.3, 0.4) is 0 Å². The predicted molar refractivity (Wildman–Crippen MR) is 75.6 cm³/mol. The highest BCUT2D eigenvalue weighted by Gasteiger charge is 2.29. The summed E-state index contributed by atoms with van der Waals surface area (Å²) in [4.78, 5) is 11.4. The van der Waals surface area contributed by atoms with Gasteiger partial charge in [0.1, 0.15) is 0 Å². The van der Waals surface area contributed by atoms with Crippen molar-refractivity contribution in [3.05, 3.63) is 33.8 Å². The summed E-state index contributed by atoms with van der Waals surface area (Å²) in [6.07, 6.45) is -2.34. The molecule has 19 heavy (non-hydrogen) atoms. The predicted octanol–water partition coefficient (Wildman–Crippen LogP) is 3.41. The molecule has 106 valence electrons. The van der Waals surface area contributed by atoms with Gasteiger partial charge in [-0.3, -0.25) is 0 Å². The van der Waals surface area contributed by atoms with Gasteiger partial charge in [0.05, 0.1) is 6.10 Å². The highest BCUT2D eigenvalue weighted by molar-refractivity contribution is 6.35. The van der Waals surface area contributed by atoms with E-state index in [2.05, 4.69) is 5.32 Å². The number of ether oxygens (including phenoxy) is 1. The number of alkyl carbamates (subject to hydrolysis) is 1. The van der Waals surface area contributed by atoms with Gasteiger partial charge in [0.15, 0.2) is 6.10 Å². The van der Waals surface area contributed by atoms with Gasteiger partial charge in [-0.05, 0) is 18.1 Å². The van der Waals surface area contributed by atoms with Gasteiger partial charge >= 0.3 is 6.09 Å². The van der Waals surface area contributed by atoms with Crippen molar-refractivity contribution in [2.75, 3.05) is 7.05 Å². The highest BCUT2D eigenvalue weighted by Crippen LogP contribution is 2.32. The first-order valence-electron chi connectivity index (χ1n) is 5.88. The van der Waals surface area contributed by atoms with Crippen molar-refractivity contribution in [1.82, 2.24) is 5.32 Å². The lowest BCUT2D eigenvalue weighted by molar-refractivity contribution is -0.0208. The zero-order valence-electron chi connectivity index (χ0n) is 11.0. The average Bonchev–Trinajstić information content (AvgIpc) is 2.35. The van der Waals surface area contributed by atoms with Crippen molar-refractivity contribution in [3.63, 3.8) is 0 Å². The molecule has 2 atom stereocenters. The third-order valence-electron chi connectivity index (χ3n) is 2.70.